The zero-order chi connectivity index (χ0) is 21.5. The molecule has 0 aromatic carbocycles. The first kappa shape index (κ1) is 20.4. The Morgan fingerprint density at radius 2 is 1.77 bits per heavy atom. The SMILES string of the molecule is Cc1cccnc1[C@@H]1CCC[C@H](c2cn3c(N4CCN(C)CC4)ccc(F)c3n2)N1C. The lowest BCUT2D eigenvalue weighted by Crippen LogP contribution is -2.45. The summed E-state index contributed by atoms with van der Waals surface area (Å²) in [5.74, 6) is 0.763. The lowest BCUT2D eigenvalue weighted by Gasteiger charge is -2.39. The van der Waals surface area contributed by atoms with Gasteiger partial charge in [0.25, 0.3) is 0 Å². The van der Waals surface area contributed by atoms with Crippen LogP contribution >= 0.6 is 0 Å². The number of hydrogen-bond donors (Lipinski definition) is 0. The van der Waals surface area contributed by atoms with Gasteiger partial charge in [0.05, 0.1) is 23.5 Å². The van der Waals surface area contributed by atoms with E-state index in [4.69, 9.17) is 4.98 Å². The first-order valence-electron chi connectivity index (χ1n) is 11.3. The molecule has 164 valence electrons. The summed E-state index contributed by atoms with van der Waals surface area (Å²) in [7, 11) is 4.30. The Balaban J connectivity index is 1.49. The van der Waals surface area contributed by atoms with Gasteiger partial charge in [0, 0.05) is 38.6 Å². The van der Waals surface area contributed by atoms with Gasteiger partial charge < -0.3 is 9.80 Å². The second-order valence-electron chi connectivity index (χ2n) is 9.02. The minimum Gasteiger partial charge on any atom is -0.355 e. The van der Waals surface area contributed by atoms with Gasteiger partial charge in [-0.15, -0.1) is 0 Å². The molecular formula is C24H31FN6. The van der Waals surface area contributed by atoms with Crippen LogP contribution in [0.25, 0.3) is 5.65 Å². The van der Waals surface area contributed by atoms with Crippen LogP contribution in [0.2, 0.25) is 0 Å². The monoisotopic (exact) mass is 422 g/mol. The van der Waals surface area contributed by atoms with Crippen LogP contribution in [0.3, 0.4) is 0 Å². The average Bonchev–Trinajstić information content (AvgIpc) is 3.22. The lowest BCUT2D eigenvalue weighted by molar-refractivity contribution is 0.109. The molecule has 0 unspecified atom stereocenters. The van der Waals surface area contributed by atoms with Crippen molar-refractivity contribution in [3.8, 4) is 0 Å². The van der Waals surface area contributed by atoms with Gasteiger partial charge in [0.2, 0.25) is 0 Å². The van der Waals surface area contributed by atoms with Crippen LogP contribution < -0.4 is 4.90 Å². The molecule has 3 aromatic rings. The number of fused-ring (bicyclic) bond motifs is 1. The molecule has 0 saturated carbocycles. The van der Waals surface area contributed by atoms with Gasteiger partial charge in [-0.25, -0.2) is 9.37 Å². The van der Waals surface area contributed by atoms with Crippen LogP contribution in [0.15, 0.2) is 36.7 Å². The van der Waals surface area contributed by atoms with Gasteiger partial charge >= 0.3 is 0 Å². The molecule has 2 aliphatic rings. The summed E-state index contributed by atoms with van der Waals surface area (Å²) in [5.41, 5.74) is 3.73. The molecule has 2 saturated heterocycles. The van der Waals surface area contributed by atoms with E-state index in [2.05, 4.69) is 53.0 Å². The van der Waals surface area contributed by atoms with E-state index < -0.39 is 0 Å². The molecule has 0 amide bonds. The molecular weight excluding hydrogens is 391 g/mol. The minimum absolute atomic E-state index is 0.153. The predicted molar refractivity (Wildman–Crippen MR) is 121 cm³/mol. The topological polar surface area (TPSA) is 39.9 Å². The third-order valence-corrected chi connectivity index (χ3v) is 7.04. The summed E-state index contributed by atoms with van der Waals surface area (Å²) in [6.07, 6.45) is 7.15. The molecule has 0 bridgehead atoms. The maximum Gasteiger partial charge on any atom is 0.175 e. The summed E-state index contributed by atoms with van der Waals surface area (Å²) in [5, 5.41) is 0. The fraction of sp³-hybridized carbons (Fsp3) is 0.500. The quantitative estimate of drug-likeness (QED) is 0.642. The molecule has 31 heavy (non-hydrogen) atoms. The zero-order valence-corrected chi connectivity index (χ0v) is 18.6. The smallest absolute Gasteiger partial charge is 0.175 e. The number of aromatic nitrogens is 3. The highest BCUT2D eigenvalue weighted by Crippen LogP contribution is 2.40. The number of likely N-dealkylation sites (N-methyl/N-ethyl adjacent to an activating group) is 1. The van der Waals surface area contributed by atoms with E-state index in [1.165, 1.54) is 5.56 Å². The van der Waals surface area contributed by atoms with Crippen molar-refractivity contribution in [3.63, 3.8) is 0 Å². The standard InChI is InChI=1S/C24H31FN6/c1-17-6-5-11-26-23(17)21-8-4-7-20(29(21)3)19-16-31-22(10-9-18(25)24(31)27-19)30-14-12-28(2)13-15-30/h5-6,9-11,16,20-21H,4,7-8,12-15H2,1-3H3/t20-,21+/m1/s1. The van der Waals surface area contributed by atoms with Gasteiger partial charge in [-0.05, 0) is 64.0 Å². The molecule has 5 heterocycles. The second-order valence-corrected chi connectivity index (χ2v) is 9.02. The first-order valence-corrected chi connectivity index (χ1v) is 11.3. The highest BCUT2D eigenvalue weighted by molar-refractivity contribution is 5.54. The van der Waals surface area contributed by atoms with E-state index in [0.717, 1.165) is 62.6 Å². The summed E-state index contributed by atoms with van der Waals surface area (Å²) in [4.78, 5) is 16.5. The van der Waals surface area contributed by atoms with Crippen molar-refractivity contribution in [1.29, 1.82) is 0 Å². The van der Waals surface area contributed by atoms with Crippen LogP contribution in [0, 0.1) is 12.7 Å². The molecule has 7 heteroatoms. The van der Waals surface area contributed by atoms with Gasteiger partial charge in [0.15, 0.2) is 11.5 Å². The van der Waals surface area contributed by atoms with Gasteiger partial charge in [0.1, 0.15) is 5.82 Å². The molecule has 5 rings (SSSR count). The molecule has 0 N–H and O–H groups in total. The Bertz CT molecular complexity index is 1070. The lowest BCUT2D eigenvalue weighted by atomic mass is 9.91. The van der Waals surface area contributed by atoms with Crippen LogP contribution in [-0.4, -0.2) is 64.4 Å². The molecule has 2 fully saturated rings. The van der Waals surface area contributed by atoms with E-state index >= 15 is 0 Å². The number of piperidine rings is 1. The van der Waals surface area contributed by atoms with Crippen LogP contribution in [0.4, 0.5) is 10.2 Å². The second kappa shape index (κ2) is 8.20. The molecule has 3 aromatic heterocycles. The maximum absolute atomic E-state index is 14.7. The number of anilines is 1. The molecule has 2 atom stereocenters. The number of rotatable bonds is 3. The summed E-state index contributed by atoms with van der Waals surface area (Å²) < 4.78 is 16.7. The van der Waals surface area contributed by atoms with Crippen molar-refractivity contribution in [2.45, 2.75) is 38.3 Å². The van der Waals surface area contributed by atoms with E-state index in [-0.39, 0.29) is 17.9 Å². The molecule has 0 aliphatic carbocycles. The Morgan fingerprint density at radius 3 is 2.55 bits per heavy atom. The third kappa shape index (κ3) is 3.70. The van der Waals surface area contributed by atoms with Crippen molar-refractivity contribution < 1.29 is 4.39 Å². The summed E-state index contributed by atoms with van der Waals surface area (Å²) in [6, 6.07) is 7.98. The normalized spacial score (nSPS) is 23.5. The van der Waals surface area contributed by atoms with Crippen molar-refractivity contribution in [3.05, 3.63) is 59.4 Å². The Hall–Kier alpha value is -2.51. The molecule has 2 aliphatic heterocycles. The number of nitrogens with zero attached hydrogens (tertiary/aromatic N) is 6. The summed E-state index contributed by atoms with van der Waals surface area (Å²) in [6.45, 7) is 6.03. The highest BCUT2D eigenvalue weighted by Gasteiger charge is 2.33. The van der Waals surface area contributed by atoms with Crippen LogP contribution in [0.5, 0.6) is 0 Å². The van der Waals surface area contributed by atoms with Crippen LogP contribution in [0.1, 0.15) is 48.3 Å². The number of likely N-dealkylation sites (tertiary alicyclic amines) is 1. The van der Waals surface area contributed by atoms with E-state index in [1.807, 2.05) is 22.7 Å². The number of aryl methyl sites for hydroxylation is 1. The first-order chi connectivity index (χ1) is 15.0. The fourth-order valence-corrected chi connectivity index (χ4v) is 5.16. The fourth-order valence-electron chi connectivity index (χ4n) is 5.16. The van der Waals surface area contributed by atoms with Crippen molar-refractivity contribution >= 4 is 11.5 Å². The minimum atomic E-state index is -0.264. The number of hydrogen-bond acceptors (Lipinski definition) is 5. The maximum atomic E-state index is 14.7. The van der Waals surface area contributed by atoms with Crippen molar-refractivity contribution in [2.75, 3.05) is 45.2 Å². The average molecular weight is 423 g/mol. The highest BCUT2D eigenvalue weighted by atomic mass is 19.1. The Labute approximate surface area is 183 Å². The largest absolute Gasteiger partial charge is 0.355 e. The number of imidazole rings is 1. The van der Waals surface area contributed by atoms with E-state index in [9.17, 15) is 4.39 Å². The van der Waals surface area contributed by atoms with Gasteiger partial charge in [-0.1, -0.05) is 6.07 Å². The van der Waals surface area contributed by atoms with Gasteiger partial charge in [-0.3, -0.25) is 14.3 Å². The molecule has 6 nitrogen and oxygen atoms in total. The Kier molecular flexibility index (Phi) is 5.40. The summed E-state index contributed by atoms with van der Waals surface area (Å²) >= 11 is 0. The number of pyridine rings is 2. The number of halogens is 1. The van der Waals surface area contributed by atoms with Gasteiger partial charge in [-0.2, -0.15) is 0 Å². The molecule has 0 radical (unpaired) electrons. The van der Waals surface area contributed by atoms with Crippen molar-refractivity contribution in [1.82, 2.24) is 24.2 Å². The zero-order valence-electron chi connectivity index (χ0n) is 18.6. The molecule has 0 spiro atoms. The third-order valence-electron chi connectivity index (χ3n) is 7.04. The van der Waals surface area contributed by atoms with Crippen LogP contribution in [-0.2, 0) is 0 Å². The number of piperazine rings is 1. The van der Waals surface area contributed by atoms with E-state index in [0.29, 0.717) is 5.65 Å². The Morgan fingerprint density at radius 1 is 1.00 bits per heavy atom. The predicted octanol–water partition coefficient (Wildman–Crippen LogP) is 3.83. The van der Waals surface area contributed by atoms with E-state index in [1.54, 1.807) is 6.07 Å². The van der Waals surface area contributed by atoms with Crippen molar-refractivity contribution in [2.24, 2.45) is 0 Å².